The molecular weight excluding hydrogens is 314 g/mol. The topological polar surface area (TPSA) is 37.8 Å². The molecule has 0 amide bonds. The van der Waals surface area contributed by atoms with Gasteiger partial charge in [-0.15, -0.1) is 0 Å². The van der Waals surface area contributed by atoms with Crippen molar-refractivity contribution in [2.45, 2.75) is 13.5 Å². The zero-order chi connectivity index (χ0) is 13.9. The zero-order valence-corrected chi connectivity index (χ0v) is 12.7. The summed E-state index contributed by atoms with van der Waals surface area (Å²) in [4.78, 5) is 8.62. The average molecular weight is 328 g/mol. The van der Waals surface area contributed by atoms with Crippen LogP contribution in [0.5, 0.6) is 0 Å². The van der Waals surface area contributed by atoms with Crippen LogP contribution in [-0.2, 0) is 6.54 Å². The summed E-state index contributed by atoms with van der Waals surface area (Å²) in [5, 5.41) is 4.61. The van der Waals surface area contributed by atoms with Crippen molar-refractivity contribution in [3.05, 3.63) is 64.5 Å². The second-order valence-electron chi connectivity index (χ2n) is 4.69. The molecule has 0 radical (unpaired) electrons. The number of aromatic nitrogens is 2. The Morgan fingerprint density at radius 3 is 2.95 bits per heavy atom. The molecule has 20 heavy (non-hydrogen) atoms. The maximum Gasteiger partial charge on any atom is 0.0751 e. The minimum atomic E-state index is 0.736. The first kappa shape index (κ1) is 13.1. The number of rotatable bonds is 3. The molecule has 0 saturated heterocycles. The Morgan fingerprint density at radius 1 is 1.20 bits per heavy atom. The van der Waals surface area contributed by atoms with Crippen molar-refractivity contribution in [2.24, 2.45) is 0 Å². The first-order valence-corrected chi connectivity index (χ1v) is 7.21. The van der Waals surface area contributed by atoms with Gasteiger partial charge in [0, 0.05) is 40.7 Å². The van der Waals surface area contributed by atoms with Crippen molar-refractivity contribution >= 4 is 32.5 Å². The van der Waals surface area contributed by atoms with Crippen LogP contribution in [0.15, 0.2) is 53.4 Å². The van der Waals surface area contributed by atoms with Gasteiger partial charge in [0.25, 0.3) is 0 Å². The standard InChI is InChI=1S/C16H14BrN3/c1-11-4-5-15(14-3-2-6-19-16(11)14)20-9-12-7-13(17)10-18-8-12/h2-8,10,20H,9H2,1H3. The molecule has 0 aliphatic heterocycles. The van der Waals surface area contributed by atoms with E-state index in [4.69, 9.17) is 0 Å². The van der Waals surface area contributed by atoms with E-state index < -0.39 is 0 Å². The van der Waals surface area contributed by atoms with E-state index in [-0.39, 0.29) is 0 Å². The van der Waals surface area contributed by atoms with Gasteiger partial charge in [-0.25, -0.2) is 0 Å². The number of pyridine rings is 2. The number of hydrogen-bond donors (Lipinski definition) is 1. The van der Waals surface area contributed by atoms with Gasteiger partial charge in [0.2, 0.25) is 0 Å². The lowest BCUT2D eigenvalue weighted by Gasteiger charge is -2.11. The number of nitrogens with one attached hydrogen (secondary N) is 1. The molecule has 2 aromatic heterocycles. The summed E-state index contributed by atoms with van der Waals surface area (Å²) >= 11 is 3.44. The van der Waals surface area contributed by atoms with Crippen molar-refractivity contribution in [3.63, 3.8) is 0 Å². The number of anilines is 1. The van der Waals surface area contributed by atoms with Gasteiger partial charge in [-0.1, -0.05) is 6.07 Å². The molecular formula is C16H14BrN3. The fourth-order valence-electron chi connectivity index (χ4n) is 2.22. The minimum Gasteiger partial charge on any atom is -0.380 e. The predicted octanol–water partition coefficient (Wildman–Crippen LogP) is 4.31. The lowest BCUT2D eigenvalue weighted by molar-refractivity contribution is 1.11. The molecule has 0 unspecified atom stereocenters. The van der Waals surface area contributed by atoms with E-state index in [0.717, 1.165) is 33.2 Å². The van der Waals surface area contributed by atoms with Gasteiger partial charge in [0.15, 0.2) is 0 Å². The molecule has 0 aliphatic rings. The van der Waals surface area contributed by atoms with Crippen LogP contribution >= 0.6 is 15.9 Å². The highest BCUT2D eigenvalue weighted by Crippen LogP contribution is 2.25. The highest BCUT2D eigenvalue weighted by molar-refractivity contribution is 9.10. The van der Waals surface area contributed by atoms with Gasteiger partial charge in [-0.3, -0.25) is 9.97 Å². The third-order valence-corrected chi connectivity index (χ3v) is 3.65. The Balaban J connectivity index is 1.90. The summed E-state index contributed by atoms with van der Waals surface area (Å²) in [5.41, 5.74) is 4.47. The highest BCUT2D eigenvalue weighted by Gasteiger charge is 2.04. The summed E-state index contributed by atoms with van der Waals surface area (Å²) in [5.74, 6) is 0. The molecule has 1 aromatic carbocycles. The highest BCUT2D eigenvalue weighted by atomic mass is 79.9. The first-order chi connectivity index (χ1) is 9.74. The Labute approximate surface area is 126 Å². The van der Waals surface area contributed by atoms with Crippen LogP contribution in [0.2, 0.25) is 0 Å². The zero-order valence-electron chi connectivity index (χ0n) is 11.1. The molecule has 0 spiro atoms. The molecule has 100 valence electrons. The molecule has 0 fully saturated rings. The molecule has 3 nitrogen and oxygen atoms in total. The molecule has 1 N–H and O–H groups in total. The Hall–Kier alpha value is -1.94. The van der Waals surface area contributed by atoms with Gasteiger partial charge >= 0.3 is 0 Å². The summed E-state index contributed by atoms with van der Waals surface area (Å²) < 4.78 is 0.993. The second kappa shape index (κ2) is 5.59. The van der Waals surface area contributed by atoms with E-state index in [0.29, 0.717) is 0 Å². The molecule has 0 saturated carbocycles. The monoisotopic (exact) mass is 327 g/mol. The van der Waals surface area contributed by atoms with Gasteiger partial charge in [-0.05, 0) is 58.2 Å². The van der Waals surface area contributed by atoms with Gasteiger partial charge < -0.3 is 5.32 Å². The van der Waals surface area contributed by atoms with Crippen molar-refractivity contribution in [1.82, 2.24) is 9.97 Å². The fourth-order valence-corrected chi connectivity index (χ4v) is 2.63. The molecule has 3 aromatic rings. The normalized spacial score (nSPS) is 10.7. The number of fused-ring (bicyclic) bond motifs is 1. The quantitative estimate of drug-likeness (QED) is 0.778. The van der Waals surface area contributed by atoms with Crippen LogP contribution in [-0.4, -0.2) is 9.97 Å². The number of nitrogens with zero attached hydrogens (tertiary/aromatic N) is 2. The predicted molar refractivity (Wildman–Crippen MR) is 85.7 cm³/mol. The van der Waals surface area contributed by atoms with E-state index in [1.807, 2.05) is 18.5 Å². The van der Waals surface area contributed by atoms with E-state index >= 15 is 0 Å². The SMILES string of the molecule is Cc1ccc(NCc2cncc(Br)c2)c2cccnc12. The van der Waals surface area contributed by atoms with Crippen LogP contribution in [0, 0.1) is 6.92 Å². The van der Waals surface area contributed by atoms with Crippen LogP contribution in [0.25, 0.3) is 10.9 Å². The summed E-state index contributed by atoms with van der Waals surface area (Å²) in [6, 6.07) is 10.3. The number of hydrogen-bond acceptors (Lipinski definition) is 3. The molecule has 0 atom stereocenters. The number of halogens is 1. The van der Waals surface area contributed by atoms with E-state index in [2.05, 4.69) is 62.4 Å². The number of aryl methyl sites for hydroxylation is 1. The van der Waals surface area contributed by atoms with Crippen molar-refractivity contribution in [3.8, 4) is 0 Å². The average Bonchev–Trinajstić information content (AvgIpc) is 2.47. The Kier molecular flexibility index (Phi) is 3.65. The van der Waals surface area contributed by atoms with E-state index in [1.54, 1.807) is 6.20 Å². The fraction of sp³-hybridized carbons (Fsp3) is 0.125. The smallest absolute Gasteiger partial charge is 0.0751 e. The van der Waals surface area contributed by atoms with Crippen molar-refractivity contribution < 1.29 is 0 Å². The Bertz CT molecular complexity index is 756. The molecule has 3 rings (SSSR count). The maximum absolute atomic E-state index is 4.45. The third kappa shape index (κ3) is 2.65. The van der Waals surface area contributed by atoms with Crippen LogP contribution in [0.1, 0.15) is 11.1 Å². The minimum absolute atomic E-state index is 0.736. The van der Waals surface area contributed by atoms with Gasteiger partial charge in [-0.2, -0.15) is 0 Å². The second-order valence-corrected chi connectivity index (χ2v) is 5.61. The molecule has 2 heterocycles. The molecule has 4 heteroatoms. The van der Waals surface area contributed by atoms with Gasteiger partial charge in [0.05, 0.1) is 5.52 Å². The van der Waals surface area contributed by atoms with Crippen LogP contribution in [0.4, 0.5) is 5.69 Å². The molecule has 0 bridgehead atoms. The summed E-state index contributed by atoms with van der Waals surface area (Å²) in [6.07, 6.45) is 5.48. The summed E-state index contributed by atoms with van der Waals surface area (Å²) in [7, 11) is 0. The molecule has 0 aliphatic carbocycles. The Morgan fingerprint density at radius 2 is 2.10 bits per heavy atom. The third-order valence-electron chi connectivity index (χ3n) is 3.22. The maximum atomic E-state index is 4.45. The number of benzene rings is 1. The lowest BCUT2D eigenvalue weighted by atomic mass is 10.1. The van der Waals surface area contributed by atoms with Crippen molar-refractivity contribution in [2.75, 3.05) is 5.32 Å². The van der Waals surface area contributed by atoms with E-state index in [9.17, 15) is 0 Å². The summed E-state index contributed by atoms with van der Waals surface area (Å²) in [6.45, 7) is 2.82. The van der Waals surface area contributed by atoms with Crippen molar-refractivity contribution in [1.29, 1.82) is 0 Å². The van der Waals surface area contributed by atoms with Crippen LogP contribution in [0.3, 0.4) is 0 Å². The van der Waals surface area contributed by atoms with Gasteiger partial charge in [0.1, 0.15) is 0 Å². The largest absolute Gasteiger partial charge is 0.380 e. The van der Waals surface area contributed by atoms with E-state index in [1.165, 1.54) is 5.56 Å². The lowest BCUT2D eigenvalue weighted by Crippen LogP contribution is -2.01. The first-order valence-electron chi connectivity index (χ1n) is 6.42. The van der Waals surface area contributed by atoms with Crippen LogP contribution < -0.4 is 5.32 Å².